The molecule has 0 radical (unpaired) electrons. The molecule has 0 amide bonds. The minimum Gasteiger partial charge on any atom is -0.353 e. The van der Waals surface area contributed by atoms with Crippen molar-refractivity contribution in [2.75, 3.05) is 12.0 Å². The predicted octanol–water partition coefficient (Wildman–Crippen LogP) is 2.65. The van der Waals surface area contributed by atoms with E-state index in [4.69, 9.17) is 5.73 Å². The van der Waals surface area contributed by atoms with Crippen molar-refractivity contribution >= 4 is 11.8 Å². The second kappa shape index (κ2) is 6.14. The highest BCUT2D eigenvalue weighted by Gasteiger charge is 2.05. The summed E-state index contributed by atoms with van der Waals surface area (Å²) in [6.07, 6.45) is 8.66. The summed E-state index contributed by atoms with van der Waals surface area (Å²) in [5.74, 6) is 1.16. The molecule has 0 spiro atoms. The van der Waals surface area contributed by atoms with Crippen LogP contribution in [-0.4, -0.2) is 16.6 Å². The Morgan fingerprint density at radius 2 is 2.36 bits per heavy atom. The highest BCUT2D eigenvalue weighted by Crippen LogP contribution is 2.15. The van der Waals surface area contributed by atoms with Crippen LogP contribution < -0.4 is 5.73 Å². The SMILES string of the molecule is CCCC(N)c1ccn(CCSC)c1. The van der Waals surface area contributed by atoms with Gasteiger partial charge in [0, 0.05) is 30.7 Å². The molecule has 3 heteroatoms. The summed E-state index contributed by atoms with van der Waals surface area (Å²) in [7, 11) is 0. The van der Waals surface area contributed by atoms with Gasteiger partial charge in [0.1, 0.15) is 0 Å². The predicted molar refractivity (Wildman–Crippen MR) is 64.7 cm³/mol. The van der Waals surface area contributed by atoms with Crippen molar-refractivity contribution in [2.24, 2.45) is 5.73 Å². The van der Waals surface area contributed by atoms with Crippen LogP contribution >= 0.6 is 11.8 Å². The Hall–Kier alpha value is -0.410. The number of aryl methyl sites for hydroxylation is 1. The van der Waals surface area contributed by atoms with E-state index < -0.39 is 0 Å². The van der Waals surface area contributed by atoms with E-state index in [2.05, 4.69) is 36.2 Å². The van der Waals surface area contributed by atoms with Crippen molar-refractivity contribution in [3.8, 4) is 0 Å². The smallest absolute Gasteiger partial charge is 0.0310 e. The molecule has 0 fully saturated rings. The van der Waals surface area contributed by atoms with Gasteiger partial charge >= 0.3 is 0 Å². The summed E-state index contributed by atoms with van der Waals surface area (Å²) in [6, 6.07) is 2.36. The maximum atomic E-state index is 6.03. The molecule has 0 saturated carbocycles. The molecule has 80 valence electrons. The van der Waals surface area contributed by atoms with Crippen molar-refractivity contribution in [3.05, 3.63) is 24.0 Å². The van der Waals surface area contributed by atoms with E-state index in [0.29, 0.717) is 0 Å². The molecule has 1 aromatic heterocycles. The van der Waals surface area contributed by atoms with Crippen LogP contribution in [0.3, 0.4) is 0 Å². The Labute approximate surface area is 90.9 Å². The van der Waals surface area contributed by atoms with Gasteiger partial charge < -0.3 is 10.3 Å². The highest BCUT2D eigenvalue weighted by atomic mass is 32.2. The second-order valence-electron chi connectivity index (χ2n) is 3.57. The van der Waals surface area contributed by atoms with Gasteiger partial charge in [-0.15, -0.1) is 0 Å². The van der Waals surface area contributed by atoms with Crippen molar-refractivity contribution in [1.82, 2.24) is 4.57 Å². The zero-order valence-corrected chi connectivity index (χ0v) is 9.89. The lowest BCUT2D eigenvalue weighted by Crippen LogP contribution is -2.08. The van der Waals surface area contributed by atoms with Crippen LogP contribution in [0, 0.1) is 0 Å². The third kappa shape index (κ3) is 3.39. The minimum absolute atomic E-state index is 0.218. The number of hydrogen-bond acceptors (Lipinski definition) is 2. The lowest BCUT2D eigenvalue weighted by atomic mass is 10.1. The molecule has 1 aromatic rings. The van der Waals surface area contributed by atoms with Crippen LogP contribution in [0.5, 0.6) is 0 Å². The number of hydrogen-bond donors (Lipinski definition) is 1. The quantitative estimate of drug-likeness (QED) is 0.786. The molecule has 0 aliphatic heterocycles. The normalized spacial score (nSPS) is 13.1. The van der Waals surface area contributed by atoms with E-state index in [1.807, 2.05) is 11.8 Å². The standard InChI is InChI=1S/C11H20N2S/c1-3-4-11(12)10-5-6-13(9-10)7-8-14-2/h5-6,9,11H,3-4,7-8,12H2,1-2H3. The van der Waals surface area contributed by atoms with Crippen LogP contribution in [-0.2, 0) is 6.54 Å². The molecular weight excluding hydrogens is 192 g/mol. The molecule has 14 heavy (non-hydrogen) atoms. The highest BCUT2D eigenvalue weighted by molar-refractivity contribution is 7.98. The van der Waals surface area contributed by atoms with E-state index in [1.54, 1.807) is 0 Å². The van der Waals surface area contributed by atoms with Crippen LogP contribution in [0.15, 0.2) is 18.5 Å². The molecule has 0 aliphatic carbocycles. The Morgan fingerprint density at radius 3 is 3.00 bits per heavy atom. The number of nitrogens with two attached hydrogens (primary N) is 1. The summed E-state index contributed by atoms with van der Waals surface area (Å²) in [6.45, 7) is 3.25. The molecule has 1 atom stereocenters. The largest absolute Gasteiger partial charge is 0.353 e. The van der Waals surface area contributed by atoms with Gasteiger partial charge in [-0.05, 0) is 24.3 Å². The van der Waals surface area contributed by atoms with E-state index in [9.17, 15) is 0 Å². The molecule has 1 unspecified atom stereocenters. The van der Waals surface area contributed by atoms with Gasteiger partial charge in [-0.25, -0.2) is 0 Å². The molecule has 0 saturated heterocycles. The van der Waals surface area contributed by atoms with Crippen LogP contribution in [0.4, 0.5) is 0 Å². The molecule has 2 nitrogen and oxygen atoms in total. The number of thioether (sulfide) groups is 1. The van der Waals surface area contributed by atoms with Crippen molar-refractivity contribution < 1.29 is 0 Å². The van der Waals surface area contributed by atoms with Gasteiger partial charge in [0.2, 0.25) is 0 Å². The molecule has 1 rings (SSSR count). The third-order valence-electron chi connectivity index (χ3n) is 2.35. The van der Waals surface area contributed by atoms with Crippen molar-refractivity contribution in [1.29, 1.82) is 0 Å². The third-order valence-corrected chi connectivity index (χ3v) is 2.95. The fourth-order valence-electron chi connectivity index (χ4n) is 1.49. The topological polar surface area (TPSA) is 30.9 Å². The van der Waals surface area contributed by atoms with Gasteiger partial charge in [-0.1, -0.05) is 13.3 Å². The maximum absolute atomic E-state index is 6.03. The first kappa shape index (κ1) is 11.7. The second-order valence-corrected chi connectivity index (χ2v) is 4.56. The first-order valence-corrected chi connectivity index (χ1v) is 6.57. The van der Waals surface area contributed by atoms with E-state index >= 15 is 0 Å². The Bertz CT molecular complexity index is 258. The fourth-order valence-corrected chi connectivity index (χ4v) is 1.89. The summed E-state index contributed by atoms with van der Waals surface area (Å²) < 4.78 is 2.22. The van der Waals surface area contributed by atoms with Gasteiger partial charge in [-0.3, -0.25) is 0 Å². The monoisotopic (exact) mass is 212 g/mol. The zero-order valence-electron chi connectivity index (χ0n) is 9.07. The van der Waals surface area contributed by atoms with Crippen LogP contribution in [0.2, 0.25) is 0 Å². The van der Waals surface area contributed by atoms with Crippen LogP contribution in [0.25, 0.3) is 0 Å². The lowest BCUT2D eigenvalue weighted by molar-refractivity contribution is 0.635. The number of rotatable bonds is 6. The van der Waals surface area contributed by atoms with E-state index in [1.165, 1.54) is 5.56 Å². The summed E-state index contributed by atoms with van der Waals surface area (Å²) in [4.78, 5) is 0. The zero-order chi connectivity index (χ0) is 10.4. The maximum Gasteiger partial charge on any atom is 0.0310 e. The Morgan fingerprint density at radius 1 is 1.57 bits per heavy atom. The minimum atomic E-state index is 0.218. The lowest BCUT2D eigenvalue weighted by Gasteiger charge is -2.07. The first-order chi connectivity index (χ1) is 6.77. The molecule has 1 heterocycles. The Kier molecular flexibility index (Phi) is 5.12. The Balaban J connectivity index is 2.49. The van der Waals surface area contributed by atoms with Gasteiger partial charge in [-0.2, -0.15) is 11.8 Å². The van der Waals surface area contributed by atoms with E-state index in [-0.39, 0.29) is 6.04 Å². The van der Waals surface area contributed by atoms with Crippen LogP contribution in [0.1, 0.15) is 31.4 Å². The van der Waals surface area contributed by atoms with Gasteiger partial charge in [0.05, 0.1) is 0 Å². The fraction of sp³-hybridized carbons (Fsp3) is 0.636. The first-order valence-electron chi connectivity index (χ1n) is 5.18. The molecular formula is C11H20N2S. The van der Waals surface area contributed by atoms with Crippen molar-refractivity contribution in [3.63, 3.8) is 0 Å². The number of aromatic nitrogens is 1. The summed E-state index contributed by atoms with van der Waals surface area (Å²) in [5.41, 5.74) is 7.30. The van der Waals surface area contributed by atoms with Gasteiger partial charge in [0.25, 0.3) is 0 Å². The molecule has 0 aliphatic rings. The molecule has 2 N–H and O–H groups in total. The molecule has 0 aromatic carbocycles. The molecule has 0 bridgehead atoms. The average Bonchev–Trinajstić information content (AvgIpc) is 2.63. The van der Waals surface area contributed by atoms with E-state index in [0.717, 1.165) is 25.1 Å². The average molecular weight is 212 g/mol. The van der Waals surface area contributed by atoms with Crippen molar-refractivity contribution in [2.45, 2.75) is 32.4 Å². The summed E-state index contributed by atoms with van der Waals surface area (Å²) >= 11 is 1.87. The van der Waals surface area contributed by atoms with Gasteiger partial charge in [0.15, 0.2) is 0 Å². The number of nitrogens with zero attached hydrogens (tertiary/aromatic N) is 1. The summed E-state index contributed by atoms with van der Waals surface area (Å²) in [5, 5.41) is 0.